The van der Waals surface area contributed by atoms with Gasteiger partial charge in [0.2, 0.25) is 6.41 Å². The van der Waals surface area contributed by atoms with Crippen LogP contribution in [0, 0.1) is 6.92 Å². The van der Waals surface area contributed by atoms with Crippen molar-refractivity contribution >= 4 is 24.1 Å². The molecule has 0 aromatic heterocycles. The Balaban J connectivity index is 0.000000252. The summed E-state index contributed by atoms with van der Waals surface area (Å²) in [5, 5.41) is 2.40. The lowest BCUT2D eigenvalue weighted by Crippen LogP contribution is -2.37. The summed E-state index contributed by atoms with van der Waals surface area (Å²) < 4.78 is 4.49. The van der Waals surface area contributed by atoms with Crippen molar-refractivity contribution in [3.8, 4) is 11.1 Å². The number of hydrogen-bond donors (Lipinski definition) is 1. The lowest BCUT2D eigenvalue weighted by atomic mass is 10.0. The van der Waals surface area contributed by atoms with Crippen molar-refractivity contribution in [1.82, 2.24) is 5.32 Å². The Morgan fingerprint density at radius 2 is 1.80 bits per heavy atom. The summed E-state index contributed by atoms with van der Waals surface area (Å²) in [7, 11) is 1.31. The maximum absolute atomic E-state index is 11.0. The Morgan fingerprint density at radius 3 is 2.36 bits per heavy atom. The monoisotopic (exact) mass is 359 g/mol. The van der Waals surface area contributed by atoms with E-state index in [1.54, 1.807) is 11.8 Å². The summed E-state index contributed by atoms with van der Waals surface area (Å²) >= 11 is 1.62. The van der Waals surface area contributed by atoms with E-state index in [0.29, 0.717) is 12.8 Å². The molecule has 5 heteroatoms. The van der Waals surface area contributed by atoms with Crippen molar-refractivity contribution in [1.29, 1.82) is 0 Å². The first kappa shape index (κ1) is 20.8. The Kier molecular flexibility index (Phi) is 10.1. The van der Waals surface area contributed by atoms with E-state index in [2.05, 4.69) is 65.5 Å². The summed E-state index contributed by atoms with van der Waals surface area (Å²) in [6.07, 6.45) is 3.06. The molecule has 2 aromatic carbocycles. The average molecular weight is 359 g/mol. The average Bonchev–Trinajstić information content (AvgIpc) is 2.66. The molecule has 0 saturated heterocycles. The second-order valence-corrected chi connectivity index (χ2v) is 6.31. The van der Waals surface area contributed by atoms with Crippen LogP contribution in [0.4, 0.5) is 0 Å². The van der Waals surface area contributed by atoms with Crippen molar-refractivity contribution in [2.75, 3.05) is 19.1 Å². The third kappa shape index (κ3) is 7.44. The van der Waals surface area contributed by atoms with Gasteiger partial charge in [-0.1, -0.05) is 54.6 Å². The minimum atomic E-state index is -0.500. The molecule has 0 unspecified atom stereocenters. The highest BCUT2D eigenvalue weighted by Gasteiger charge is 2.16. The molecular weight excluding hydrogens is 334 g/mol. The fraction of sp³-hybridized carbons (Fsp3) is 0.300. The summed E-state index contributed by atoms with van der Waals surface area (Å²) in [5.74, 6) is 0.428. The molecule has 2 aromatic rings. The minimum Gasteiger partial charge on any atom is -0.467 e. The number of aryl methyl sites for hydroxylation is 1. The second kappa shape index (κ2) is 12.1. The zero-order valence-corrected chi connectivity index (χ0v) is 15.7. The van der Waals surface area contributed by atoms with E-state index in [4.69, 9.17) is 0 Å². The maximum atomic E-state index is 11.0. The predicted molar refractivity (Wildman–Crippen MR) is 105 cm³/mol. The van der Waals surface area contributed by atoms with Crippen LogP contribution in [0.2, 0.25) is 0 Å². The molecule has 0 saturated carbocycles. The molecule has 25 heavy (non-hydrogen) atoms. The van der Waals surface area contributed by atoms with Gasteiger partial charge in [-0.05, 0) is 42.0 Å². The minimum absolute atomic E-state index is 0.392. The fourth-order valence-corrected chi connectivity index (χ4v) is 2.72. The van der Waals surface area contributed by atoms with E-state index in [1.165, 1.54) is 23.8 Å². The molecule has 0 spiro atoms. The highest BCUT2D eigenvalue weighted by atomic mass is 32.2. The van der Waals surface area contributed by atoms with Gasteiger partial charge in [0.05, 0.1) is 7.11 Å². The van der Waals surface area contributed by atoms with Crippen molar-refractivity contribution in [3.63, 3.8) is 0 Å². The van der Waals surface area contributed by atoms with E-state index < -0.39 is 12.0 Å². The predicted octanol–water partition coefficient (Wildman–Crippen LogP) is 3.69. The van der Waals surface area contributed by atoms with Gasteiger partial charge in [0.1, 0.15) is 6.04 Å². The highest BCUT2D eigenvalue weighted by Crippen LogP contribution is 2.21. The molecule has 0 heterocycles. The Bertz CT molecular complexity index is 646. The molecule has 0 radical (unpaired) electrons. The number of methoxy groups -OCH3 is 1. The Hall–Kier alpha value is -2.27. The van der Waals surface area contributed by atoms with Crippen LogP contribution < -0.4 is 5.32 Å². The van der Waals surface area contributed by atoms with Gasteiger partial charge in [0, 0.05) is 0 Å². The second-order valence-electron chi connectivity index (χ2n) is 5.32. The van der Waals surface area contributed by atoms with E-state index in [0.717, 1.165) is 5.75 Å². The first-order valence-electron chi connectivity index (χ1n) is 8.01. The van der Waals surface area contributed by atoms with Crippen LogP contribution in [0.5, 0.6) is 0 Å². The molecule has 0 bridgehead atoms. The number of carbonyl (C=O) groups is 2. The normalized spacial score (nSPS) is 10.8. The van der Waals surface area contributed by atoms with E-state index >= 15 is 0 Å². The van der Waals surface area contributed by atoms with Crippen LogP contribution in [-0.4, -0.2) is 37.5 Å². The topological polar surface area (TPSA) is 55.4 Å². The van der Waals surface area contributed by atoms with Crippen LogP contribution >= 0.6 is 11.8 Å². The van der Waals surface area contributed by atoms with Gasteiger partial charge in [0.15, 0.2) is 0 Å². The molecular formula is C20H25NO3S. The first-order chi connectivity index (χ1) is 12.1. The standard InChI is InChI=1S/C13H12.C7H13NO3S/c1-11-7-5-6-10-13(11)12-8-3-2-4-9-12;1-11-7(10)6(8-5-9)3-4-12-2/h2-10H,1H3;5-6H,3-4H2,1-2H3,(H,8,9)/t;6-/m.0/s1. The third-order valence-electron chi connectivity index (χ3n) is 3.60. The number of amides is 1. The number of ether oxygens (including phenoxy) is 1. The molecule has 0 aliphatic heterocycles. The first-order valence-corrected chi connectivity index (χ1v) is 9.41. The number of thioether (sulfide) groups is 1. The molecule has 1 amide bonds. The molecule has 134 valence electrons. The van der Waals surface area contributed by atoms with E-state index in [-0.39, 0.29) is 0 Å². The van der Waals surface area contributed by atoms with E-state index in [1.807, 2.05) is 12.3 Å². The summed E-state index contributed by atoms with van der Waals surface area (Å²) in [4.78, 5) is 21.0. The van der Waals surface area contributed by atoms with Crippen molar-refractivity contribution in [2.24, 2.45) is 0 Å². The van der Waals surface area contributed by atoms with Crippen molar-refractivity contribution in [2.45, 2.75) is 19.4 Å². The van der Waals surface area contributed by atoms with Gasteiger partial charge in [-0.15, -0.1) is 0 Å². The van der Waals surface area contributed by atoms with Gasteiger partial charge < -0.3 is 10.1 Å². The quantitative estimate of drug-likeness (QED) is 0.605. The molecule has 0 aliphatic carbocycles. The number of rotatable bonds is 7. The lowest BCUT2D eigenvalue weighted by Gasteiger charge is -2.11. The summed E-state index contributed by atoms with van der Waals surface area (Å²) in [5.41, 5.74) is 3.94. The summed E-state index contributed by atoms with van der Waals surface area (Å²) in [6, 6.07) is 18.4. The van der Waals surface area contributed by atoms with E-state index in [9.17, 15) is 9.59 Å². The van der Waals surface area contributed by atoms with Crippen LogP contribution in [0.15, 0.2) is 54.6 Å². The van der Waals surface area contributed by atoms with Crippen LogP contribution in [-0.2, 0) is 14.3 Å². The van der Waals surface area contributed by atoms with Gasteiger partial charge in [-0.3, -0.25) is 4.79 Å². The number of benzene rings is 2. The highest BCUT2D eigenvalue weighted by molar-refractivity contribution is 7.98. The number of hydrogen-bond acceptors (Lipinski definition) is 4. The maximum Gasteiger partial charge on any atom is 0.328 e. The van der Waals surface area contributed by atoms with Gasteiger partial charge in [-0.25, -0.2) is 4.79 Å². The molecule has 0 aliphatic rings. The van der Waals surface area contributed by atoms with Crippen LogP contribution in [0.25, 0.3) is 11.1 Å². The zero-order chi connectivity index (χ0) is 18.5. The lowest BCUT2D eigenvalue weighted by molar-refractivity contribution is -0.144. The number of nitrogens with one attached hydrogen (secondary N) is 1. The number of carbonyl (C=O) groups excluding carboxylic acids is 2. The molecule has 2 rings (SSSR count). The molecule has 0 fully saturated rings. The van der Waals surface area contributed by atoms with Crippen molar-refractivity contribution in [3.05, 3.63) is 60.2 Å². The zero-order valence-electron chi connectivity index (χ0n) is 14.9. The van der Waals surface area contributed by atoms with Crippen molar-refractivity contribution < 1.29 is 14.3 Å². The van der Waals surface area contributed by atoms with Gasteiger partial charge in [-0.2, -0.15) is 11.8 Å². The van der Waals surface area contributed by atoms with Crippen LogP contribution in [0.3, 0.4) is 0 Å². The SMILES string of the molecule is COC(=O)[C@H](CCSC)NC=O.Cc1ccccc1-c1ccccc1. The Labute approximate surface area is 154 Å². The largest absolute Gasteiger partial charge is 0.467 e. The number of esters is 1. The summed E-state index contributed by atoms with van der Waals surface area (Å²) in [6.45, 7) is 2.14. The Morgan fingerprint density at radius 1 is 1.16 bits per heavy atom. The smallest absolute Gasteiger partial charge is 0.328 e. The van der Waals surface area contributed by atoms with Gasteiger partial charge >= 0.3 is 5.97 Å². The van der Waals surface area contributed by atoms with Crippen LogP contribution in [0.1, 0.15) is 12.0 Å². The fourth-order valence-electron chi connectivity index (χ4n) is 2.24. The molecule has 1 atom stereocenters. The molecule has 4 nitrogen and oxygen atoms in total. The third-order valence-corrected chi connectivity index (χ3v) is 4.24. The van der Waals surface area contributed by atoms with Gasteiger partial charge in [0.25, 0.3) is 0 Å². The molecule has 1 N–H and O–H groups in total.